The van der Waals surface area contributed by atoms with Gasteiger partial charge in [0.15, 0.2) is 0 Å². The number of piperidine rings is 1. The number of aromatic amines is 1. The van der Waals surface area contributed by atoms with E-state index in [0.717, 1.165) is 31.6 Å². The Morgan fingerprint density at radius 1 is 1.47 bits per heavy atom. The van der Waals surface area contributed by atoms with E-state index in [0.29, 0.717) is 5.69 Å². The van der Waals surface area contributed by atoms with Gasteiger partial charge in [0.05, 0.1) is 6.04 Å². The lowest BCUT2D eigenvalue weighted by atomic mass is 10.0. The predicted octanol–water partition coefficient (Wildman–Crippen LogP) is 1.51. The van der Waals surface area contributed by atoms with E-state index in [1.165, 1.54) is 6.33 Å². The molecule has 2 aromatic heterocycles. The number of carbonyl (C=O) groups excluding carboxylic acids is 1. The third-order valence-electron chi connectivity index (χ3n) is 3.68. The first-order chi connectivity index (χ1) is 9.27. The van der Waals surface area contributed by atoms with Gasteiger partial charge in [0.2, 0.25) is 0 Å². The molecule has 1 saturated heterocycles. The van der Waals surface area contributed by atoms with Crippen LogP contribution in [0.25, 0.3) is 0 Å². The Balaban J connectivity index is 1.89. The molecular formula is C13H17N5O. The zero-order chi connectivity index (χ0) is 13.2. The van der Waals surface area contributed by atoms with Crippen molar-refractivity contribution in [3.05, 3.63) is 36.2 Å². The highest BCUT2D eigenvalue weighted by molar-refractivity contribution is 5.93. The summed E-state index contributed by atoms with van der Waals surface area (Å²) in [6, 6.07) is 3.76. The summed E-state index contributed by atoms with van der Waals surface area (Å²) in [5, 5.41) is 6.78. The van der Waals surface area contributed by atoms with Crippen molar-refractivity contribution in [3.8, 4) is 0 Å². The van der Waals surface area contributed by atoms with Crippen LogP contribution in [0.3, 0.4) is 0 Å². The van der Waals surface area contributed by atoms with Crippen molar-refractivity contribution < 1.29 is 4.79 Å². The molecule has 6 nitrogen and oxygen atoms in total. The summed E-state index contributed by atoms with van der Waals surface area (Å²) in [4.78, 5) is 18.7. The first kappa shape index (κ1) is 12.0. The average molecular weight is 259 g/mol. The Hall–Kier alpha value is -2.11. The number of carbonyl (C=O) groups is 1. The summed E-state index contributed by atoms with van der Waals surface area (Å²) in [5.74, 6) is 0.843. The summed E-state index contributed by atoms with van der Waals surface area (Å²) in [5.41, 5.74) is 0.714. The van der Waals surface area contributed by atoms with Crippen LogP contribution in [0.4, 0.5) is 0 Å². The van der Waals surface area contributed by atoms with Crippen LogP contribution in [-0.4, -0.2) is 37.1 Å². The number of nitrogens with zero attached hydrogens (tertiary/aromatic N) is 4. The van der Waals surface area contributed by atoms with E-state index in [1.807, 2.05) is 34.8 Å². The fourth-order valence-corrected chi connectivity index (χ4v) is 2.66. The molecule has 0 unspecified atom stereocenters. The van der Waals surface area contributed by atoms with Crippen molar-refractivity contribution in [1.82, 2.24) is 24.6 Å². The van der Waals surface area contributed by atoms with Gasteiger partial charge in [-0.05, 0) is 31.4 Å². The van der Waals surface area contributed by atoms with E-state index in [4.69, 9.17) is 0 Å². The minimum absolute atomic E-state index is 0.0126. The van der Waals surface area contributed by atoms with Crippen LogP contribution in [-0.2, 0) is 7.05 Å². The SMILES string of the molecule is Cn1cccc1C(=O)N1CCCC[C@H]1c1ncn[nH]1. The molecular weight excluding hydrogens is 242 g/mol. The van der Waals surface area contributed by atoms with E-state index < -0.39 is 0 Å². The van der Waals surface area contributed by atoms with Gasteiger partial charge >= 0.3 is 0 Å². The fourth-order valence-electron chi connectivity index (χ4n) is 2.66. The van der Waals surface area contributed by atoms with E-state index in [1.54, 1.807) is 0 Å². The minimum Gasteiger partial charge on any atom is -0.347 e. The van der Waals surface area contributed by atoms with Gasteiger partial charge in [-0.15, -0.1) is 0 Å². The quantitative estimate of drug-likeness (QED) is 0.889. The third-order valence-corrected chi connectivity index (χ3v) is 3.68. The molecule has 0 aromatic carbocycles. The van der Waals surface area contributed by atoms with Crippen LogP contribution in [0.15, 0.2) is 24.7 Å². The molecule has 0 spiro atoms. The smallest absolute Gasteiger partial charge is 0.271 e. The van der Waals surface area contributed by atoms with Crippen LogP contribution in [0, 0.1) is 0 Å². The second-order valence-corrected chi connectivity index (χ2v) is 4.89. The van der Waals surface area contributed by atoms with Crippen molar-refractivity contribution in [2.45, 2.75) is 25.3 Å². The zero-order valence-corrected chi connectivity index (χ0v) is 10.9. The van der Waals surface area contributed by atoms with Crippen molar-refractivity contribution in [1.29, 1.82) is 0 Å². The van der Waals surface area contributed by atoms with Gasteiger partial charge in [-0.3, -0.25) is 9.89 Å². The standard InChI is InChI=1S/C13H17N5O/c1-17-7-4-6-11(17)13(19)18-8-3-2-5-10(18)12-14-9-15-16-12/h4,6-7,9-10H,2-3,5,8H2,1H3,(H,14,15,16)/t10-/m0/s1. The lowest BCUT2D eigenvalue weighted by Gasteiger charge is -2.34. The Morgan fingerprint density at radius 3 is 3.05 bits per heavy atom. The molecule has 1 aliphatic rings. The average Bonchev–Trinajstić information content (AvgIpc) is 3.09. The van der Waals surface area contributed by atoms with E-state index in [2.05, 4.69) is 15.2 Å². The molecule has 0 aliphatic carbocycles. The highest BCUT2D eigenvalue weighted by Gasteiger charge is 2.31. The molecule has 1 fully saturated rings. The fraction of sp³-hybridized carbons (Fsp3) is 0.462. The van der Waals surface area contributed by atoms with E-state index >= 15 is 0 Å². The van der Waals surface area contributed by atoms with Crippen molar-refractivity contribution in [2.24, 2.45) is 7.05 Å². The van der Waals surface area contributed by atoms with Gasteiger partial charge in [-0.25, -0.2) is 4.98 Å². The number of hydrogen-bond donors (Lipinski definition) is 1. The molecule has 0 saturated carbocycles. The first-order valence-electron chi connectivity index (χ1n) is 6.55. The number of aromatic nitrogens is 4. The summed E-state index contributed by atoms with van der Waals surface area (Å²) in [6.45, 7) is 0.773. The Bertz CT molecular complexity index is 559. The highest BCUT2D eigenvalue weighted by atomic mass is 16.2. The lowest BCUT2D eigenvalue weighted by molar-refractivity contribution is 0.0590. The van der Waals surface area contributed by atoms with Crippen molar-refractivity contribution in [2.75, 3.05) is 6.54 Å². The van der Waals surface area contributed by atoms with Gasteiger partial charge in [0, 0.05) is 19.8 Å². The Kier molecular flexibility index (Phi) is 3.06. The van der Waals surface area contributed by atoms with Crippen molar-refractivity contribution >= 4 is 5.91 Å². The van der Waals surface area contributed by atoms with Crippen LogP contribution in [0.5, 0.6) is 0 Å². The molecule has 1 N–H and O–H groups in total. The van der Waals surface area contributed by atoms with Crippen LogP contribution < -0.4 is 0 Å². The summed E-state index contributed by atoms with van der Waals surface area (Å²) < 4.78 is 1.86. The second-order valence-electron chi connectivity index (χ2n) is 4.89. The number of hydrogen-bond acceptors (Lipinski definition) is 3. The molecule has 1 atom stereocenters. The molecule has 19 heavy (non-hydrogen) atoms. The maximum absolute atomic E-state index is 12.6. The van der Waals surface area contributed by atoms with Gasteiger partial charge < -0.3 is 9.47 Å². The van der Waals surface area contributed by atoms with Crippen LogP contribution >= 0.6 is 0 Å². The van der Waals surface area contributed by atoms with Crippen LogP contribution in [0.1, 0.15) is 41.6 Å². The Labute approximate surface area is 111 Å². The predicted molar refractivity (Wildman–Crippen MR) is 69.4 cm³/mol. The highest BCUT2D eigenvalue weighted by Crippen LogP contribution is 2.29. The maximum atomic E-state index is 12.6. The van der Waals surface area contributed by atoms with E-state index in [-0.39, 0.29) is 11.9 Å². The minimum atomic E-state index is 0.0126. The molecule has 0 bridgehead atoms. The summed E-state index contributed by atoms with van der Waals surface area (Å²) in [6.07, 6.45) is 6.48. The maximum Gasteiger partial charge on any atom is 0.271 e. The van der Waals surface area contributed by atoms with Gasteiger partial charge in [0.25, 0.3) is 5.91 Å². The molecule has 3 heterocycles. The number of aryl methyl sites for hydroxylation is 1. The summed E-state index contributed by atoms with van der Waals surface area (Å²) >= 11 is 0. The lowest BCUT2D eigenvalue weighted by Crippen LogP contribution is -2.39. The number of nitrogens with one attached hydrogen (secondary N) is 1. The Morgan fingerprint density at radius 2 is 2.37 bits per heavy atom. The third kappa shape index (κ3) is 2.14. The normalized spacial score (nSPS) is 19.6. The molecule has 3 rings (SSSR count). The molecule has 1 amide bonds. The topological polar surface area (TPSA) is 66.8 Å². The number of likely N-dealkylation sites (tertiary alicyclic amines) is 1. The van der Waals surface area contributed by atoms with Gasteiger partial charge in [-0.1, -0.05) is 0 Å². The van der Waals surface area contributed by atoms with Gasteiger partial charge in [-0.2, -0.15) is 5.10 Å². The number of amides is 1. The first-order valence-corrected chi connectivity index (χ1v) is 6.55. The monoisotopic (exact) mass is 259 g/mol. The molecule has 6 heteroatoms. The number of rotatable bonds is 2. The van der Waals surface area contributed by atoms with E-state index in [9.17, 15) is 4.79 Å². The molecule has 2 aromatic rings. The van der Waals surface area contributed by atoms with Crippen LogP contribution in [0.2, 0.25) is 0 Å². The molecule has 0 radical (unpaired) electrons. The van der Waals surface area contributed by atoms with Gasteiger partial charge in [0.1, 0.15) is 17.8 Å². The van der Waals surface area contributed by atoms with Crippen molar-refractivity contribution in [3.63, 3.8) is 0 Å². The summed E-state index contributed by atoms with van der Waals surface area (Å²) in [7, 11) is 1.89. The molecule has 1 aliphatic heterocycles. The zero-order valence-electron chi connectivity index (χ0n) is 10.9. The number of H-pyrrole nitrogens is 1. The second kappa shape index (κ2) is 4.87. The largest absolute Gasteiger partial charge is 0.347 e. The molecule has 100 valence electrons.